The average Bonchev–Trinajstić information content (AvgIpc) is 3.54. The third kappa shape index (κ3) is 7.14. The van der Waals surface area contributed by atoms with Gasteiger partial charge in [0, 0.05) is 48.6 Å². The fourth-order valence-electron chi connectivity index (χ4n) is 6.62. The molecule has 0 saturated carbocycles. The van der Waals surface area contributed by atoms with Crippen LogP contribution in [0, 0.1) is 5.82 Å². The molecule has 0 spiro atoms. The summed E-state index contributed by atoms with van der Waals surface area (Å²) in [7, 11) is 0. The number of likely N-dealkylation sites (tertiary alicyclic amines) is 2. The predicted octanol–water partition coefficient (Wildman–Crippen LogP) is 8.19. The van der Waals surface area contributed by atoms with E-state index in [1.807, 2.05) is 18.2 Å². The molecule has 2 aliphatic heterocycles. The van der Waals surface area contributed by atoms with Gasteiger partial charge in [0.2, 0.25) is 0 Å². The summed E-state index contributed by atoms with van der Waals surface area (Å²) < 4.78 is 19.3. The topological polar surface area (TPSA) is 69.3 Å². The smallest absolute Gasteiger partial charge is 0.141 e. The van der Waals surface area contributed by atoms with Crippen LogP contribution in [-0.4, -0.2) is 57.0 Å². The standard InChI is InChI=1S/C36H38ClFN6O/c37-33-20-29(8-10-35(33)45-23-25-5-4-6-28(38)17-25)42-36-32-19-26(7-9-34(32)40-24-41-36)27-18-30(39-21-27)22-43-15-11-31(12-16-43)44-13-2-1-3-14-44/h4-10,17-21,24,31,39H,1-3,11-16,22-23H2,(H,40,41,42). The van der Waals surface area contributed by atoms with Crippen molar-refractivity contribution in [2.75, 3.05) is 31.5 Å². The Kier molecular flexibility index (Phi) is 8.96. The Labute approximate surface area is 268 Å². The van der Waals surface area contributed by atoms with Crippen molar-refractivity contribution < 1.29 is 9.13 Å². The molecule has 45 heavy (non-hydrogen) atoms. The molecule has 2 aliphatic rings. The maximum absolute atomic E-state index is 13.5. The Morgan fingerprint density at radius 2 is 1.78 bits per heavy atom. The van der Waals surface area contributed by atoms with Gasteiger partial charge in [0.1, 0.15) is 30.3 Å². The number of halogens is 2. The molecule has 4 heterocycles. The van der Waals surface area contributed by atoms with Gasteiger partial charge in [-0.25, -0.2) is 14.4 Å². The van der Waals surface area contributed by atoms with E-state index in [9.17, 15) is 4.39 Å². The van der Waals surface area contributed by atoms with Crippen LogP contribution in [0.5, 0.6) is 5.75 Å². The molecule has 2 N–H and O–H groups in total. The second-order valence-corrected chi connectivity index (χ2v) is 12.6. The summed E-state index contributed by atoms with van der Waals surface area (Å²) in [4.78, 5) is 17.9. The molecule has 7 nitrogen and oxygen atoms in total. The Bertz CT molecular complexity index is 1760. The first kappa shape index (κ1) is 29.7. The molecule has 3 aromatic carbocycles. The summed E-state index contributed by atoms with van der Waals surface area (Å²) in [5, 5.41) is 4.77. The third-order valence-electron chi connectivity index (χ3n) is 9.05. The molecule has 5 aromatic rings. The van der Waals surface area contributed by atoms with Crippen LogP contribution in [0.4, 0.5) is 15.9 Å². The van der Waals surface area contributed by atoms with Gasteiger partial charge >= 0.3 is 0 Å². The normalized spacial score (nSPS) is 16.7. The van der Waals surface area contributed by atoms with Crippen molar-refractivity contribution >= 4 is 34.0 Å². The highest BCUT2D eigenvalue weighted by atomic mass is 35.5. The molecule has 0 unspecified atom stereocenters. The number of nitrogens with zero attached hydrogens (tertiary/aromatic N) is 4. The van der Waals surface area contributed by atoms with E-state index < -0.39 is 0 Å². The van der Waals surface area contributed by atoms with Crippen molar-refractivity contribution in [3.63, 3.8) is 0 Å². The number of aromatic nitrogens is 3. The zero-order chi connectivity index (χ0) is 30.6. The van der Waals surface area contributed by atoms with E-state index in [2.05, 4.69) is 54.5 Å². The van der Waals surface area contributed by atoms with Gasteiger partial charge in [-0.05, 0) is 104 Å². The number of hydrogen-bond acceptors (Lipinski definition) is 6. The van der Waals surface area contributed by atoms with E-state index in [1.165, 1.54) is 63.0 Å². The lowest BCUT2D eigenvalue weighted by atomic mass is 10.00. The average molecular weight is 625 g/mol. The van der Waals surface area contributed by atoms with E-state index in [4.69, 9.17) is 16.3 Å². The van der Waals surface area contributed by atoms with Gasteiger partial charge in [0.05, 0.1) is 10.5 Å². The van der Waals surface area contributed by atoms with E-state index in [-0.39, 0.29) is 12.4 Å². The molecule has 0 aliphatic carbocycles. The third-order valence-corrected chi connectivity index (χ3v) is 9.34. The first-order valence-corrected chi connectivity index (χ1v) is 16.3. The maximum Gasteiger partial charge on any atom is 0.141 e. The number of anilines is 2. The van der Waals surface area contributed by atoms with Gasteiger partial charge in [-0.15, -0.1) is 0 Å². The Balaban J connectivity index is 1.01. The molecule has 0 amide bonds. The van der Waals surface area contributed by atoms with Gasteiger partial charge in [0.25, 0.3) is 0 Å². The van der Waals surface area contributed by atoms with E-state index in [1.54, 1.807) is 24.5 Å². The van der Waals surface area contributed by atoms with Crippen molar-refractivity contribution in [1.82, 2.24) is 24.8 Å². The van der Waals surface area contributed by atoms with Gasteiger partial charge in [-0.1, -0.05) is 36.2 Å². The minimum absolute atomic E-state index is 0.224. The van der Waals surface area contributed by atoms with Crippen LogP contribution in [0.2, 0.25) is 5.02 Å². The number of rotatable bonds is 9. The highest BCUT2D eigenvalue weighted by Crippen LogP contribution is 2.33. The lowest BCUT2D eigenvalue weighted by Gasteiger charge is -2.40. The zero-order valence-electron chi connectivity index (χ0n) is 25.3. The van der Waals surface area contributed by atoms with Crippen molar-refractivity contribution in [3.8, 4) is 16.9 Å². The second kappa shape index (κ2) is 13.6. The number of benzene rings is 3. The number of nitrogens with one attached hydrogen (secondary N) is 2. The Morgan fingerprint density at radius 3 is 2.60 bits per heavy atom. The predicted molar refractivity (Wildman–Crippen MR) is 179 cm³/mol. The van der Waals surface area contributed by atoms with Crippen LogP contribution in [-0.2, 0) is 13.2 Å². The largest absolute Gasteiger partial charge is 0.487 e. The fraction of sp³-hybridized carbons (Fsp3) is 0.333. The number of fused-ring (bicyclic) bond motifs is 1. The molecule has 232 valence electrons. The Morgan fingerprint density at radius 1 is 0.911 bits per heavy atom. The molecule has 0 atom stereocenters. The molecule has 9 heteroatoms. The first-order chi connectivity index (χ1) is 22.1. The minimum atomic E-state index is -0.294. The van der Waals surface area contributed by atoms with Crippen molar-refractivity contribution in [1.29, 1.82) is 0 Å². The summed E-state index contributed by atoms with van der Waals surface area (Å²) >= 11 is 6.55. The first-order valence-electron chi connectivity index (χ1n) is 15.9. The zero-order valence-corrected chi connectivity index (χ0v) is 26.1. The second-order valence-electron chi connectivity index (χ2n) is 12.2. The summed E-state index contributed by atoms with van der Waals surface area (Å²) in [6.45, 7) is 6.05. The van der Waals surface area contributed by atoms with Crippen LogP contribution in [0.3, 0.4) is 0 Å². The summed E-state index contributed by atoms with van der Waals surface area (Å²) in [6.07, 6.45) is 10.3. The number of H-pyrrole nitrogens is 1. The quantitative estimate of drug-likeness (QED) is 0.172. The summed E-state index contributed by atoms with van der Waals surface area (Å²) in [6, 6.07) is 21.1. The monoisotopic (exact) mass is 624 g/mol. The number of ether oxygens (including phenoxy) is 1. The molecule has 2 aromatic heterocycles. The van der Waals surface area contributed by atoms with Crippen LogP contribution < -0.4 is 10.1 Å². The number of aromatic amines is 1. The lowest BCUT2D eigenvalue weighted by molar-refractivity contribution is 0.0892. The van der Waals surface area contributed by atoms with E-state index in [0.29, 0.717) is 16.6 Å². The van der Waals surface area contributed by atoms with Crippen molar-refractivity contribution in [2.24, 2.45) is 0 Å². The summed E-state index contributed by atoms with van der Waals surface area (Å²) in [5.41, 5.74) is 5.84. The van der Waals surface area contributed by atoms with E-state index >= 15 is 0 Å². The van der Waals surface area contributed by atoms with Crippen molar-refractivity contribution in [3.05, 3.63) is 101 Å². The lowest BCUT2D eigenvalue weighted by Crippen LogP contribution is -2.46. The number of piperidine rings is 2. The maximum atomic E-state index is 13.5. The van der Waals surface area contributed by atoms with E-state index in [0.717, 1.165) is 59.0 Å². The van der Waals surface area contributed by atoms with Crippen molar-refractivity contribution in [2.45, 2.75) is 51.3 Å². The van der Waals surface area contributed by atoms with Crippen LogP contribution in [0.15, 0.2) is 79.3 Å². The van der Waals surface area contributed by atoms with Crippen LogP contribution >= 0.6 is 11.6 Å². The molecule has 0 radical (unpaired) electrons. The van der Waals surface area contributed by atoms with Gasteiger partial charge < -0.3 is 19.9 Å². The Hall–Kier alpha value is -3.98. The molecule has 2 saturated heterocycles. The highest BCUT2D eigenvalue weighted by molar-refractivity contribution is 6.32. The van der Waals surface area contributed by atoms with Gasteiger partial charge in [0.15, 0.2) is 0 Å². The fourth-order valence-corrected chi connectivity index (χ4v) is 6.86. The summed E-state index contributed by atoms with van der Waals surface area (Å²) in [5.74, 6) is 0.923. The molecule has 2 fully saturated rings. The SMILES string of the molecule is Fc1cccc(COc2ccc(Nc3ncnc4ccc(-c5c[nH]c(CN6CCC(N7CCCCC7)CC6)c5)cc34)cc2Cl)c1. The van der Waals surface area contributed by atoms with Gasteiger partial charge in [-0.3, -0.25) is 4.90 Å². The molecular formula is C36H38ClFN6O. The van der Waals surface area contributed by atoms with Crippen LogP contribution in [0.1, 0.15) is 43.4 Å². The molecule has 7 rings (SSSR count). The van der Waals surface area contributed by atoms with Crippen LogP contribution in [0.25, 0.3) is 22.0 Å². The molecule has 0 bridgehead atoms. The number of hydrogen-bond donors (Lipinski definition) is 2. The minimum Gasteiger partial charge on any atom is -0.487 e. The van der Waals surface area contributed by atoms with Gasteiger partial charge in [-0.2, -0.15) is 0 Å². The highest BCUT2D eigenvalue weighted by Gasteiger charge is 2.25. The molecular weight excluding hydrogens is 587 g/mol.